The van der Waals surface area contributed by atoms with Crippen LogP contribution in [-0.2, 0) is 9.53 Å². The Morgan fingerprint density at radius 1 is 1.44 bits per heavy atom. The van der Waals surface area contributed by atoms with Crippen LogP contribution >= 0.6 is 0 Å². The van der Waals surface area contributed by atoms with Gasteiger partial charge in [-0.25, -0.2) is 0 Å². The lowest BCUT2D eigenvalue weighted by Crippen LogP contribution is -2.40. The van der Waals surface area contributed by atoms with E-state index < -0.39 is 5.60 Å². The highest BCUT2D eigenvalue weighted by Crippen LogP contribution is 2.31. The van der Waals surface area contributed by atoms with Gasteiger partial charge >= 0.3 is 0 Å². The summed E-state index contributed by atoms with van der Waals surface area (Å²) in [4.78, 5) is 17.8. The zero-order valence-corrected chi connectivity index (χ0v) is 9.90. The Hall–Kier alpha value is -1.10. The molecule has 0 aromatic rings. The average molecular weight is 225 g/mol. The monoisotopic (exact) mass is 225 g/mol. The highest BCUT2D eigenvalue weighted by molar-refractivity contribution is 6.00. The van der Waals surface area contributed by atoms with Crippen LogP contribution < -0.4 is 5.73 Å². The van der Waals surface area contributed by atoms with Crippen molar-refractivity contribution in [2.45, 2.75) is 44.8 Å². The second-order valence-corrected chi connectivity index (χ2v) is 4.83. The highest BCUT2D eigenvalue weighted by atomic mass is 16.5. The minimum absolute atomic E-state index is 0.0306. The van der Waals surface area contributed by atoms with Gasteiger partial charge in [-0.1, -0.05) is 0 Å². The number of rotatable bonds is 1. The third-order valence-corrected chi connectivity index (χ3v) is 3.46. The van der Waals surface area contributed by atoms with E-state index in [4.69, 9.17) is 10.5 Å². The second kappa shape index (κ2) is 4.05. The molecule has 1 saturated heterocycles. The van der Waals surface area contributed by atoms with Gasteiger partial charge in [-0.05, 0) is 33.2 Å². The predicted octanol–water partition coefficient (Wildman–Crippen LogP) is 0.491. The summed E-state index contributed by atoms with van der Waals surface area (Å²) in [5.74, 6) is -0.199. The van der Waals surface area contributed by atoms with E-state index in [0.717, 1.165) is 25.9 Å². The molecule has 0 aromatic carbocycles. The molecular weight excluding hydrogens is 206 g/mol. The van der Waals surface area contributed by atoms with Gasteiger partial charge in [0.25, 0.3) is 11.9 Å². The molecule has 1 atom stereocenters. The van der Waals surface area contributed by atoms with Crippen molar-refractivity contribution in [3.63, 3.8) is 0 Å². The lowest BCUT2D eigenvalue weighted by atomic mass is 9.94. The standard InChI is InChI=1S/C11H19N3O2/c1-8(2)14-6-3-4-11(5-7-14)9(15)13-10(12)16-11/h8H,3-7H2,1-2H3,(H2,12,13,15). The van der Waals surface area contributed by atoms with Gasteiger partial charge in [-0.15, -0.1) is 0 Å². The number of hydrogen-bond donors (Lipinski definition) is 1. The van der Waals surface area contributed by atoms with E-state index in [0.29, 0.717) is 12.5 Å². The zero-order chi connectivity index (χ0) is 11.8. The molecule has 5 nitrogen and oxygen atoms in total. The molecule has 1 unspecified atom stereocenters. The van der Waals surface area contributed by atoms with Crippen LogP contribution in [0.15, 0.2) is 4.99 Å². The number of nitrogens with zero attached hydrogens (tertiary/aromatic N) is 2. The van der Waals surface area contributed by atoms with Crippen LogP contribution in [0.5, 0.6) is 0 Å². The number of carbonyl (C=O) groups is 1. The number of ether oxygens (including phenoxy) is 1. The van der Waals surface area contributed by atoms with Crippen molar-refractivity contribution < 1.29 is 9.53 Å². The SMILES string of the molecule is CC(C)N1CCCC2(CC1)OC(N)=NC2=O. The molecule has 0 radical (unpaired) electrons. The molecule has 0 aliphatic carbocycles. The third kappa shape index (κ3) is 1.91. The first-order valence-corrected chi connectivity index (χ1v) is 5.85. The van der Waals surface area contributed by atoms with Crippen LogP contribution in [0.1, 0.15) is 33.1 Å². The summed E-state index contributed by atoms with van der Waals surface area (Å²) in [5, 5.41) is 0. The first-order valence-electron chi connectivity index (χ1n) is 5.85. The molecule has 2 aliphatic rings. The molecule has 0 saturated carbocycles. The largest absolute Gasteiger partial charge is 0.448 e. The van der Waals surface area contributed by atoms with E-state index in [1.807, 2.05) is 0 Å². The maximum absolute atomic E-state index is 11.8. The topological polar surface area (TPSA) is 67.9 Å². The summed E-state index contributed by atoms with van der Waals surface area (Å²) >= 11 is 0. The van der Waals surface area contributed by atoms with Crippen LogP contribution in [0, 0.1) is 0 Å². The first-order chi connectivity index (χ1) is 7.53. The molecule has 2 heterocycles. The number of nitrogens with two attached hydrogens (primary N) is 1. The third-order valence-electron chi connectivity index (χ3n) is 3.46. The van der Waals surface area contributed by atoms with E-state index in [2.05, 4.69) is 23.7 Å². The summed E-state index contributed by atoms with van der Waals surface area (Å²) in [6.07, 6.45) is 2.36. The molecule has 2 rings (SSSR count). The Kier molecular flexibility index (Phi) is 2.88. The van der Waals surface area contributed by atoms with Gasteiger partial charge < -0.3 is 15.4 Å². The van der Waals surface area contributed by atoms with Crippen molar-refractivity contribution in [1.29, 1.82) is 0 Å². The van der Waals surface area contributed by atoms with Crippen molar-refractivity contribution in [3.05, 3.63) is 0 Å². The number of hydrogen-bond acceptors (Lipinski definition) is 4. The van der Waals surface area contributed by atoms with E-state index in [1.54, 1.807) is 0 Å². The highest BCUT2D eigenvalue weighted by Gasteiger charge is 2.46. The van der Waals surface area contributed by atoms with Crippen molar-refractivity contribution in [2.24, 2.45) is 10.7 Å². The molecule has 1 spiro atoms. The summed E-state index contributed by atoms with van der Waals surface area (Å²) in [6.45, 7) is 6.21. The molecular formula is C11H19N3O2. The quantitative estimate of drug-likeness (QED) is 0.705. The van der Waals surface area contributed by atoms with Gasteiger partial charge in [-0.3, -0.25) is 4.79 Å². The molecule has 1 fully saturated rings. The number of carbonyl (C=O) groups excluding carboxylic acids is 1. The maximum atomic E-state index is 11.8. The van der Waals surface area contributed by atoms with Gasteiger partial charge in [0.2, 0.25) is 0 Å². The Labute approximate surface area is 95.6 Å². The lowest BCUT2D eigenvalue weighted by Gasteiger charge is -2.26. The van der Waals surface area contributed by atoms with E-state index in [9.17, 15) is 4.79 Å². The summed E-state index contributed by atoms with van der Waals surface area (Å²) in [6, 6.07) is 0.535. The molecule has 1 amide bonds. The van der Waals surface area contributed by atoms with Crippen molar-refractivity contribution in [3.8, 4) is 0 Å². The van der Waals surface area contributed by atoms with Crippen molar-refractivity contribution >= 4 is 11.9 Å². The summed E-state index contributed by atoms with van der Waals surface area (Å²) < 4.78 is 5.46. The fourth-order valence-electron chi connectivity index (χ4n) is 2.43. The molecule has 90 valence electrons. The number of amides is 1. The zero-order valence-electron chi connectivity index (χ0n) is 9.90. The second-order valence-electron chi connectivity index (χ2n) is 4.83. The Bertz CT molecular complexity index is 327. The molecule has 0 bridgehead atoms. The molecule has 0 aromatic heterocycles. The van der Waals surface area contributed by atoms with Gasteiger partial charge in [0.05, 0.1) is 0 Å². The predicted molar refractivity (Wildman–Crippen MR) is 61.0 cm³/mol. The van der Waals surface area contributed by atoms with Crippen LogP contribution in [-0.4, -0.2) is 41.6 Å². The lowest BCUT2D eigenvalue weighted by molar-refractivity contribution is -0.131. The minimum Gasteiger partial charge on any atom is -0.448 e. The summed E-state index contributed by atoms with van der Waals surface area (Å²) in [5.41, 5.74) is 4.71. The fraction of sp³-hybridized carbons (Fsp3) is 0.818. The van der Waals surface area contributed by atoms with Crippen LogP contribution in [0.3, 0.4) is 0 Å². The smallest absolute Gasteiger partial charge is 0.294 e. The number of aliphatic imine (C=N–C) groups is 1. The van der Waals surface area contributed by atoms with E-state index in [-0.39, 0.29) is 11.9 Å². The van der Waals surface area contributed by atoms with Crippen LogP contribution in [0.2, 0.25) is 0 Å². The minimum atomic E-state index is -0.756. The Morgan fingerprint density at radius 2 is 2.19 bits per heavy atom. The van der Waals surface area contributed by atoms with Gasteiger partial charge in [0.1, 0.15) is 0 Å². The number of amidine groups is 1. The maximum Gasteiger partial charge on any atom is 0.294 e. The van der Waals surface area contributed by atoms with E-state index in [1.165, 1.54) is 0 Å². The molecule has 16 heavy (non-hydrogen) atoms. The Balaban J connectivity index is 2.07. The van der Waals surface area contributed by atoms with E-state index >= 15 is 0 Å². The normalized spacial score (nSPS) is 31.7. The average Bonchev–Trinajstić information content (AvgIpc) is 2.37. The van der Waals surface area contributed by atoms with Crippen LogP contribution in [0.25, 0.3) is 0 Å². The molecule has 2 N–H and O–H groups in total. The number of likely N-dealkylation sites (tertiary alicyclic amines) is 1. The summed E-state index contributed by atoms with van der Waals surface area (Å²) in [7, 11) is 0. The van der Waals surface area contributed by atoms with Crippen LogP contribution in [0.4, 0.5) is 0 Å². The van der Waals surface area contributed by atoms with Crippen molar-refractivity contribution in [2.75, 3.05) is 13.1 Å². The van der Waals surface area contributed by atoms with Gasteiger partial charge in [-0.2, -0.15) is 4.99 Å². The Morgan fingerprint density at radius 3 is 2.75 bits per heavy atom. The molecule has 5 heteroatoms. The van der Waals surface area contributed by atoms with Gasteiger partial charge in [0, 0.05) is 19.0 Å². The first kappa shape index (κ1) is 11.4. The van der Waals surface area contributed by atoms with Crippen molar-refractivity contribution in [1.82, 2.24) is 4.90 Å². The van der Waals surface area contributed by atoms with Gasteiger partial charge in [0.15, 0.2) is 5.60 Å². The fourth-order valence-corrected chi connectivity index (χ4v) is 2.43. The molecule has 2 aliphatic heterocycles.